The van der Waals surface area contributed by atoms with Crippen molar-refractivity contribution in [3.8, 4) is 0 Å². The molecule has 1 amide bonds. The fraction of sp³-hybridized carbons (Fsp3) is 0.400. The van der Waals surface area contributed by atoms with E-state index in [0.29, 0.717) is 5.92 Å². The number of hydrogen-bond acceptors (Lipinski definition) is 4. The first-order valence-electron chi connectivity index (χ1n) is 8.48. The normalized spacial score (nSPS) is 14.6. The monoisotopic (exact) mass is 356 g/mol. The first-order valence-corrected chi connectivity index (χ1v) is 9.87. The lowest BCUT2D eigenvalue weighted by atomic mass is 10.0. The second kappa shape index (κ2) is 7.48. The molecule has 1 aromatic carbocycles. The van der Waals surface area contributed by atoms with Crippen LogP contribution in [-0.2, 0) is 10.5 Å². The number of carbonyl (C=O) groups excluding carboxylic acids is 1. The van der Waals surface area contributed by atoms with E-state index in [0.717, 1.165) is 53.1 Å². The Kier molecular flexibility index (Phi) is 5.33. The van der Waals surface area contributed by atoms with E-state index in [2.05, 4.69) is 38.3 Å². The maximum absolute atomic E-state index is 11.1. The molecule has 0 N–H and O–H groups in total. The molecule has 4 nitrogen and oxygen atoms in total. The lowest BCUT2D eigenvalue weighted by Crippen LogP contribution is -2.07. The van der Waals surface area contributed by atoms with E-state index in [1.807, 2.05) is 6.20 Å². The van der Waals surface area contributed by atoms with Gasteiger partial charge in [0.1, 0.15) is 5.52 Å². The van der Waals surface area contributed by atoms with Crippen LogP contribution in [0.5, 0.6) is 0 Å². The van der Waals surface area contributed by atoms with Crippen LogP contribution in [0.3, 0.4) is 0 Å². The summed E-state index contributed by atoms with van der Waals surface area (Å²) in [6.45, 7) is 4.10. The maximum Gasteiger partial charge on any atom is 0.213 e. The average Bonchev–Trinajstić information content (AvgIpc) is 3.33. The molecule has 0 bridgehead atoms. The number of benzene rings is 1. The second-order valence-corrected chi connectivity index (χ2v) is 7.69. The SMILES string of the molecule is CSCc1cc(/C(C=C(C)C)=C/N(C)C=O)c2nc(C3CC3)oc2c1. The minimum atomic E-state index is 0.470. The molecule has 132 valence electrons. The number of aromatic nitrogens is 1. The van der Waals surface area contributed by atoms with E-state index in [1.54, 1.807) is 18.8 Å². The van der Waals surface area contributed by atoms with Crippen molar-refractivity contribution in [1.29, 1.82) is 0 Å². The predicted octanol–water partition coefficient (Wildman–Crippen LogP) is 4.96. The molecule has 0 aliphatic heterocycles. The number of amides is 1. The molecule has 2 aromatic rings. The third-order valence-electron chi connectivity index (χ3n) is 4.07. The zero-order valence-corrected chi connectivity index (χ0v) is 16.0. The molecule has 0 spiro atoms. The van der Waals surface area contributed by atoms with Crippen molar-refractivity contribution in [2.75, 3.05) is 13.3 Å². The molecular formula is C20H24N2O2S. The Morgan fingerprint density at radius 1 is 1.40 bits per heavy atom. The zero-order chi connectivity index (χ0) is 18.0. The van der Waals surface area contributed by atoms with E-state index >= 15 is 0 Å². The molecule has 1 aliphatic rings. The van der Waals surface area contributed by atoms with Crippen molar-refractivity contribution in [1.82, 2.24) is 9.88 Å². The van der Waals surface area contributed by atoms with Crippen LogP contribution in [0.25, 0.3) is 16.7 Å². The van der Waals surface area contributed by atoms with Crippen LogP contribution in [0.15, 0.2) is 34.4 Å². The molecule has 1 heterocycles. The van der Waals surface area contributed by atoms with E-state index in [1.165, 1.54) is 16.0 Å². The van der Waals surface area contributed by atoms with Gasteiger partial charge in [0, 0.05) is 36.1 Å². The Balaban J connectivity index is 2.20. The summed E-state index contributed by atoms with van der Waals surface area (Å²) in [4.78, 5) is 17.4. The lowest BCUT2D eigenvalue weighted by Gasteiger charge is -2.11. The number of carbonyl (C=O) groups is 1. The van der Waals surface area contributed by atoms with Gasteiger partial charge in [-0.2, -0.15) is 11.8 Å². The molecule has 1 aliphatic carbocycles. The van der Waals surface area contributed by atoms with Crippen molar-refractivity contribution in [3.05, 3.63) is 47.0 Å². The highest BCUT2D eigenvalue weighted by molar-refractivity contribution is 7.97. The summed E-state index contributed by atoms with van der Waals surface area (Å²) < 4.78 is 6.05. The first-order chi connectivity index (χ1) is 12.0. The standard InChI is InChI=1S/C20H24N2O2S/c1-13(2)7-16(10-22(3)12-23)17-8-14(11-25-4)9-18-19(17)21-20(24-18)15-5-6-15/h7-10,12,15H,5-6,11H2,1-4H3/b16-10+. The molecular weight excluding hydrogens is 332 g/mol. The van der Waals surface area contributed by atoms with Gasteiger partial charge in [0.25, 0.3) is 0 Å². The van der Waals surface area contributed by atoms with Gasteiger partial charge in [-0.15, -0.1) is 0 Å². The third kappa shape index (κ3) is 4.15. The number of rotatable bonds is 7. The molecule has 0 radical (unpaired) electrons. The Morgan fingerprint density at radius 3 is 2.76 bits per heavy atom. The molecule has 0 saturated heterocycles. The van der Waals surface area contributed by atoms with Crippen LogP contribution in [0, 0.1) is 0 Å². The van der Waals surface area contributed by atoms with Gasteiger partial charge in [0.15, 0.2) is 11.5 Å². The first kappa shape index (κ1) is 17.8. The fourth-order valence-electron chi connectivity index (χ4n) is 2.82. The number of hydrogen-bond donors (Lipinski definition) is 0. The maximum atomic E-state index is 11.1. The van der Waals surface area contributed by atoms with Gasteiger partial charge in [-0.25, -0.2) is 4.98 Å². The van der Waals surface area contributed by atoms with E-state index < -0.39 is 0 Å². The molecule has 25 heavy (non-hydrogen) atoms. The van der Waals surface area contributed by atoms with E-state index in [-0.39, 0.29) is 0 Å². The fourth-order valence-corrected chi connectivity index (χ4v) is 3.32. The van der Waals surface area contributed by atoms with Crippen molar-refractivity contribution in [2.45, 2.75) is 38.4 Å². The van der Waals surface area contributed by atoms with Crippen LogP contribution in [0.4, 0.5) is 0 Å². The number of fused-ring (bicyclic) bond motifs is 1. The smallest absolute Gasteiger partial charge is 0.213 e. The van der Waals surface area contributed by atoms with E-state index in [4.69, 9.17) is 9.40 Å². The Morgan fingerprint density at radius 2 is 2.16 bits per heavy atom. The highest BCUT2D eigenvalue weighted by atomic mass is 32.2. The van der Waals surface area contributed by atoms with Crippen LogP contribution < -0.4 is 0 Å². The Labute approximate surface area is 153 Å². The Hall–Kier alpha value is -2.01. The van der Waals surface area contributed by atoms with Crippen molar-refractivity contribution < 1.29 is 9.21 Å². The summed E-state index contributed by atoms with van der Waals surface area (Å²) in [5.74, 6) is 2.23. The van der Waals surface area contributed by atoms with Gasteiger partial charge in [-0.1, -0.05) is 11.6 Å². The predicted molar refractivity (Wildman–Crippen MR) is 104 cm³/mol. The number of thioether (sulfide) groups is 1. The van der Waals surface area contributed by atoms with Gasteiger partial charge in [-0.05, 0) is 50.6 Å². The van der Waals surface area contributed by atoms with Crippen LogP contribution in [0.2, 0.25) is 0 Å². The molecule has 1 fully saturated rings. The highest BCUT2D eigenvalue weighted by Gasteiger charge is 2.29. The summed E-state index contributed by atoms with van der Waals surface area (Å²) in [6, 6.07) is 4.26. The van der Waals surface area contributed by atoms with Gasteiger partial charge >= 0.3 is 0 Å². The van der Waals surface area contributed by atoms with Crippen LogP contribution in [-0.4, -0.2) is 29.6 Å². The minimum Gasteiger partial charge on any atom is -0.440 e. The summed E-state index contributed by atoms with van der Waals surface area (Å²) in [7, 11) is 1.74. The third-order valence-corrected chi connectivity index (χ3v) is 4.70. The van der Waals surface area contributed by atoms with Gasteiger partial charge < -0.3 is 9.32 Å². The second-order valence-electron chi connectivity index (χ2n) is 6.83. The van der Waals surface area contributed by atoms with Gasteiger partial charge in [-0.3, -0.25) is 4.79 Å². The quantitative estimate of drug-likeness (QED) is 0.519. The Bertz CT molecular complexity index is 843. The van der Waals surface area contributed by atoms with E-state index in [9.17, 15) is 4.79 Å². The van der Waals surface area contributed by atoms with Gasteiger partial charge in [0.2, 0.25) is 6.41 Å². The zero-order valence-electron chi connectivity index (χ0n) is 15.2. The van der Waals surface area contributed by atoms with Crippen molar-refractivity contribution in [2.24, 2.45) is 0 Å². The molecule has 0 unspecified atom stereocenters. The van der Waals surface area contributed by atoms with Crippen LogP contribution >= 0.6 is 11.8 Å². The largest absolute Gasteiger partial charge is 0.440 e. The molecule has 1 saturated carbocycles. The number of allylic oxidation sites excluding steroid dienone is 3. The molecule has 0 atom stereocenters. The van der Waals surface area contributed by atoms with Crippen molar-refractivity contribution in [3.63, 3.8) is 0 Å². The average molecular weight is 356 g/mol. The number of nitrogens with zero attached hydrogens (tertiary/aromatic N) is 2. The van der Waals surface area contributed by atoms with Gasteiger partial charge in [0.05, 0.1) is 0 Å². The highest BCUT2D eigenvalue weighted by Crippen LogP contribution is 2.41. The minimum absolute atomic E-state index is 0.470. The molecule has 5 heteroatoms. The summed E-state index contributed by atoms with van der Waals surface area (Å²) >= 11 is 1.78. The van der Waals surface area contributed by atoms with Crippen LogP contribution in [0.1, 0.15) is 49.6 Å². The molecule has 3 rings (SSSR count). The summed E-state index contributed by atoms with van der Waals surface area (Å²) in [6.07, 6.45) is 9.15. The topological polar surface area (TPSA) is 46.3 Å². The molecule has 1 aromatic heterocycles. The summed E-state index contributed by atoms with van der Waals surface area (Å²) in [5.41, 5.74) is 6.08. The number of oxazole rings is 1. The van der Waals surface area contributed by atoms with Crippen molar-refractivity contribution >= 4 is 34.8 Å². The lowest BCUT2D eigenvalue weighted by molar-refractivity contribution is -0.114. The summed E-state index contributed by atoms with van der Waals surface area (Å²) in [5, 5.41) is 0.